The van der Waals surface area contributed by atoms with Crippen LogP contribution in [0.3, 0.4) is 0 Å². The third-order valence-electron chi connectivity index (χ3n) is 2.37. The van der Waals surface area contributed by atoms with E-state index in [9.17, 15) is 24.1 Å². The first-order chi connectivity index (χ1) is 9.20. The number of carboxylic acid groups (broad SMARTS) is 1. The number of phosphoric ester groups is 2. The summed E-state index contributed by atoms with van der Waals surface area (Å²) in [5.74, 6) is -4.61. The van der Waals surface area contributed by atoms with Gasteiger partial charge in [0.05, 0.1) is 0 Å². The number of aliphatic hydroxyl groups is 2. The number of ether oxygens (including phenoxy) is 1. The third-order valence-corrected chi connectivity index (χ3v) is 3.30. The van der Waals surface area contributed by atoms with E-state index in [4.69, 9.17) is 24.7 Å². The Balaban J connectivity index is 2.78. The van der Waals surface area contributed by atoms with E-state index in [0.29, 0.717) is 0 Å². The van der Waals surface area contributed by atoms with Gasteiger partial charge in [-0.25, -0.2) is 13.9 Å². The number of rotatable bonds is 8. The van der Waals surface area contributed by atoms with E-state index in [1.807, 2.05) is 0 Å². The van der Waals surface area contributed by atoms with Crippen LogP contribution in [0.5, 0.6) is 0 Å². The van der Waals surface area contributed by atoms with Gasteiger partial charge in [-0.2, -0.15) is 0 Å². The quantitative estimate of drug-likeness (QED) is 0.172. The van der Waals surface area contributed by atoms with Crippen molar-refractivity contribution in [1.29, 1.82) is 0 Å². The minimum Gasteiger partial charge on any atom is -0.479 e. The Kier molecular flexibility index (Phi) is 5.01. The second-order valence-corrected chi connectivity index (χ2v) is 6.58. The average molecular weight is 354 g/mol. The largest absolute Gasteiger partial charge is 0.479 e. The van der Waals surface area contributed by atoms with E-state index in [1.54, 1.807) is 0 Å². The molecule has 21 heavy (non-hydrogen) atoms. The molecule has 1 fully saturated rings. The van der Waals surface area contributed by atoms with Crippen LogP contribution in [0.15, 0.2) is 0 Å². The van der Waals surface area contributed by atoms with Crippen LogP contribution in [0.2, 0.25) is 0 Å². The van der Waals surface area contributed by atoms with Crippen LogP contribution in [-0.4, -0.2) is 71.6 Å². The zero-order valence-electron chi connectivity index (χ0n) is 9.97. The van der Waals surface area contributed by atoms with Crippen LogP contribution in [0.4, 0.5) is 0 Å². The number of hydrogen-bond acceptors (Lipinski definition) is 8. The predicted octanol–water partition coefficient (Wildman–Crippen LogP) is -2.89. The highest BCUT2D eigenvalue weighted by Crippen LogP contribution is 2.47. The van der Waals surface area contributed by atoms with Crippen molar-refractivity contribution in [3.8, 4) is 0 Å². The minimum absolute atomic E-state index is 1.19. The minimum atomic E-state index is -5.11. The fourth-order valence-electron chi connectivity index (χ4n) is 1.36. The highest BCUT2D eigenvalue weighted by Gasteiger charge is 2.70. The highest BCUT2D eigenvalue weighted by molar-refractivity contribution is 7.46. The second kappa shape index (κ2) is 5.65. The normalized spacial score (nSPS) is 29.0. The molecule has 15 heteroatoms. The van der Waals surface area contributed by atoms with Crippen molar-refractivity contribution >= 4 is 21.6 Å². The van der Waals surface area contributed by atoms with Crippen LogP contribution in [0.1, 0.15) is 0 Å². The summed E-state index contributed by atoms with van der Waals surface area (Å²) in [6.07, 6.45) is -1.99. The Morgan fingerprint density at radius 1 is 1.19 bits per heavy atom. The molecule has 0 aromatic heterocycles. The number of phosphoric acid groups is 2. The molecular weight excluding hydrogens is 342 g/mol. The van der Waals surface area contributed by atoms with E-state index in [2.05, 4.69) is 13.8 Å². The van der Waals surface area contributed by atoms with Crippen molar-refractivity contribution in [2.24, 2.45) is 0 Å². The monoisotopic (exact) mass is 354 g/mol. The second-order valence-electron chi connectivity index (χ2n) is 4.10. The molecule has 0 spiro atoms. The highest BCUT2D eigenvalue weighted by atomic mass is 31.2. The maximum atomic E-state index is 10.9. The summed E-state index contributed by atoms with van der Waals surface area (Å²) in [7, 11) is -10.1. The average Bonchev–Trinajstić information content (AvgIpc) is 2.95. The first kappa shape index (κ1) is 18.6. The smallest absolute Gasteiger partial charge is 0.469 e. The van der Waals surface area contributed by atoms with E-state index in [1.165, 1.54) is 0 Å². The zero-order valence-corrected chi connectivity index (χ0v) is 11.8. The Morgan fingerprint density at radius 2 is 1.67 bits per heavy atom. The van der Waals surface area contributed by atoms with Gasteiger partial charge in [-0.3, -0.25) is 9.05 Å². The standard InChI is InChI=1S/C6H12O13P2/c7-4(8)5(9,1-17-20(11,12)13)3-6(10,19-3)2-18-21(14,15)16/h3,9-10H,1-2H2,(H,7,8)(H2,11,12,13)(H2,14,15,16)/t3-,5+,6-/m0/s1. The molecule has 0 radical (unpaired) electrons. The molecule has 13 nitrogen and oxygen atoms in total. The summed E-state index contributed by atoms with van der Waals surface area (Å²) in [6, 6.07) is 0. The van der Waals surface area contributed by atoms with E-state index in [-0.39, 0.29) is 0 Å². The summed E-state index contributed by atoms with van der Waals surface area (Å²) in [5.41, 5.74) is -3.08. The van der Waals surface area contributed by atoms with Crippen molar-refractivity contribution in [1.82, 2.24) is 0 Å². The molecule has 0 amide bonds. The molecule has 0 bridgehead atoms. The van der Waals surface area contributed by atoms with Gasteiger partial charge in [0.1, 0.15) is 13.2 Å². The lowest BCUT2D eigenvalue weighted by atomic mass is 9.97. The van der Waals surface area contributed by atoms with Gasteiger partial charge in [-0.15, -0.1) is 0 Å². The number of hydrogen-bond donors (Lipinski definition) is 7. The molecule has 1 rings (SSSR count). The van der Waals surface area contributed by atoms with Crippen molar-refractivity contribution in [3.63, 3.8) is 0 Å². The van der Waals surface area contributed by atoms with Crippen LogP contribution in [-0.2, 0) is 27.7 Å². The Morgan fingerprint density at radius 3 is 2.05 bits per heavy atom. The molecule has 0 aromatic carbocycles. The molecule has 0 aliphatic carbocycles. The number of carbonyl (C=O) groups is 1. The lowest BCUT2D eigenvalue weighted by molar-refractivity contribution is -0.165. The first-order valence-electron chi connectivity index (χ1n) is 4.96. The van der Waals surface area contributed by atoms with Crippen molar-refractivity contribution in [2.75, 3.05) is 13.2 Å². The number of epoxide rings is 1. The van der Waals surface area contributed by atoms with Gasteiger partial charge in [0.25, 0.3) is 0 Å². The van der Waals surface area contributed by atoms with Crippen molar-refractivity contribution < 1.29 is 62.6 Å². The van der Waals surface area contributed by atoms with Gasteiger partial charge in [0, 0.05) is 0 Å². The van der Waals surface area contributed by atoms with Crippen LogP contribution >= 0.6 is 15.6 Å². The molecular formula is C6H12O13P2. The molecule has 1 aliphatic rings. The summed E-state index contributed by atoms with van der Waals surface area (Å²) >= 11 is 0. The van der Waals surface area contributed by atoms with E-state index < -0.39 is 52.3 Å². The zero-order chi connectivity index (χ0) is 16.7. The van der Waals surface area contributed by atoms with E-state index >= 15 is 0 Å². The Hall–Kier alpha value is -0.430. The van der Waals surface area contributed by atoms with Gasteiger partial charge in [0.15, 0.2) is 6.10 Å². The molecule has 0 aromatic rings. The molecule has 124 valence electrons. The third kappa shape index (κ3) is 5.06. The molecule has 0 saturated carbocycles. The number of aliphatic carboxylic acids is 1. The molecule has 7 N–H and O–H groups in total. The van der Waals surface area contributed by atoms with Crippen LogP contribution in [0, 0.1) is 0 Å². The predicted molar refractivity (Wildman–Crippen MR) is 58.4 cm³/mol. The fourth-order valence-corrected chi connectivity index (χ4v) is 2.08. The molecule has 1 heterocycles. The summed E-state index contributed by atoms with van der Waals surface area (Å²) in [6.45, 7) is -2.64. The maximum absolute atomic E-state index is 10.9. The van der Waals surface area contributed by atoms with Crippen LogP contribution < -0.4 is 0 Å². The van der Waals surface area contributed by atoms with Gasteiger partial charge in [-0.1, -0.05) is 0 Å². The summed E-state index contributed by atoms with van der Waals surface area (Å²) in [4.78, 5) is 44.7. The summed E-state index contributed by atoms with van der Waals surface area (Å²) in [5, 5.41) is 28.2. The summed E-state index contributed by atoms with van der Waals surface area (Å²) < 4.78 is 33.1. The van der Waals surface area contributed by atoms with Gasteiger partial charge in [-0.05, 0) is 0 Å². The van der Waals surface area contributed by atoms with Gasteiger partial charge >= 0.3 is 21.6 Å². The SMILES string of the molecule is O=C(O)[C@@](O)(COP(=O)(O)O)[C@@H]1O[C@@]1(O)COP(=O)(O)O. The van der Waals surface area contributed by atoms with Crippen molar-refractivity contribution in [3.05, 3.63) is 0 Å². The van der Waals surface area contributed by atoms with E-state index in [0.717, 1.165) is 0 Å². The Bertz CT molecular complexity index is 507. The molecule has 1 aliphatic heterocycles. The first-order valence-corrected chi connectivity index (χ1v) is 8.02. The number of carboxylic acids is 1. The molecule has 0 unspecified atom stereocenters. The lowest BCUT2D eigenvalue weighted by Crippen LogP contribution is -2.51. The van der Waals surface area contributed by atoms with Crippen LogP contribution in [0.25, 0.3) is 0 Å². The van der Waals surface area contributed by atoms with Crippen molar-refractivity contribution in [2.45, 2.75) is 17.5 Å². The topological polar surface area (TPSA) is 224 Å². The lowest BCUT2D eigenvalue weighted by Gasteiger charge is -2.22. The Labute approximate surface area is 116 Å². The fraction of sp³-hybridized carbons (Fsp3) is 0.833. The maximum Gasteiger partial charge on any atom is 0.469 e. The van der Waals surface area contributed by atoms with Gasteiger partial charge in [0.2, 0.25) is 11.4 Å². The molecule has 1 saturated heterocycles. The molecule has 3 atom stereocenters. The van der Waals surface area contributed by atoms with Gasteiger partial charge < -0.3 is 39.6 Å².